The Kier molecular flexibility index (Phi) is 6.46. The van der Waals surface area contributed by atoms with E-state index in [9.17, 15) is 5.26 Å². The Morgan fingerprint density at radius 2 is 1.78 bits per heavy atom. The molecule has 1 rings (SSSR count). The molecule has 2 atom stereocenters. The van der Waals surface area contributed by atoms with Crippen LogP contribution >= 0.6 is 0 Å². The Hall–Kier alpha value is -1.33. The van der Waals surface area contributed by atoms with Gasteiger partial charge in [0.2, 0.25) is 0 Å². The molecule has 1 aromatic carbocycles. The third kappa shape index (κ3) is 5.33. The molecule has 0 aliphatic rings. The quantitative estimate of drug-likeness (QED) is 0.793. The Labute approximate surface area is 111 Å². The number of benzene rings is 1. The monoisotopic (exact) mass is 244 g/mol. The van der Waals surface area contributed by atoms with E-state index in [1.807, 2.05) is 30.3 Å². The van der Waals surface area contributed by atoms with Crippen molar-refractivity contribution in [2.75, 3.05) is 6.54 Å². The summed E-state index contributed by atoms with van der Waals surface area (Å²) in [6.07, 6.45) is 2.40. The van der Waals surface area contributed by atoms with Gasteiger partial charge in [-0.05, 0) is 31.2 Å². The van der Waals surface area contributed by atoms with Crippen LogP contribution in [-0.4, -0.2) is 12.6 Å². The van der Waals surface area contributed by atoms with Crippen LogP contribution in [0.1, 0.15) is 45.1 Å². The summed E-state index contributed by atoms with van der Waals surface area (Å²) in [4.78, 5) is 0. The summed E-state index contributed by atoms with van der Waals surface area (Å²) >= 11 is 0. The molecule has 0 fully saturated rings. The molecule has 0 heterocycles. The predicted octanol–water partition coefficient (Wildman–Crippen LogP) is 3.71. The van der Waals surface area contributed by atoms with E-state index in [-0.39, 0.29) is 5.92 Å². The summed E-state index contributed by atoms with van der Waals surface area (Å²) < 4.78 is 0. The zero-order chi connectivity index (χ0) is 13.4. The molecule has 0 aromatic heterocycles. The van der Waals surface area contributed by atoms with Crippen LogP contribution in [0.3, 0.4) is 0 Å². The lowest BCUT2D eigenvalue weighted by Gasteiger charge is -2.17. The van der Waals surface area contributed by atoms with Crippen LogP contribution in [0.4, 0.5) is 0 Å². The maximum Gasteiger partial charge on any atom is 0.0837 e. The number of hydrogen-bond acceptors (Lipinski definition) is 2. The second-order valence-electron chi connectivity index (χ2n) is 5.37. The van der Waals surface area contributed by atoms with Gasteiger partial charge in [0.25, 0.3) is 0 Å². The third-order valence-corrected chi connectivity index (χ3v) is 3.21. The molecule has 98 valence electrons. The van der Waals surface area contributed by atoms with E-state index in [1.165, 1.54) is 12.8 Å². The number of nitrogens with zero attached hydrogens (tertiary/aromatic N) is 1. The second kappa shape index (κ2) is 7.89. The van der Waals surface area contributed by atoms with Crippen molar-refractivity contribution in [1.82, 2.24) is 5.32 Å². The lowest BCUT2D eigenvalue weighted by Crippen LogP contribution is -2.30. The van der Waals surface area contributed by atoms with Crippen molar-refractivity contribution in [3.8, 4) is 6.07 Å². The first-order valence-corrected chi connectivity index (χ1v) is 6.81. The van der Waals surface area contributed by atoms with Crippen molar-refractivity contribution >= 4 is 0 Å². The molecule has 0 spiro atoms. The largest absolute Gasteiger partial charge is 0.313 e. The fourth-order valence-electron chi connectivity index (χ4n) is 1.93. The van der Waals surface area contributed by atoms with Crippen molar-refractivity contribution in [2.45, 2.75) is 45.6 Å². The van der Waals surface area contributed by atoms with Crippen molar-refractivity contribution in [1.29, 1.82) is 5.26 Å². The van der Waals surface area contributed by atoms with Gasteiger partial charge in [0.1, 0.15) is 0 Å². The van der Waals surface area contributed by atoms with Gasteiger partial charge < -0.3 is 5.32 Å². The van der Waals surface area contributed by atoms with Crippen LogP contribution in [0, 0.1) is 17.2 Å². The van der Waals surface area contributed by atoms with Gasteiger partial charge in [-0.15, -0.1) is 0 Å². The Balaban J connectivity index is 2.39. The molecule has 1 N–H and O–H groups in total. The van der Waals surface area contributed by atoms with Gasteiger partial charge in [0.15, 0.2) is 0 Å². The van der Waals surface area contributed by atoms with Crippen LogP contribution in [-0.2, 0) is 0 Å². The van der Waals surface area contributed by atoms with Gasteiger partial charge >= 0.3 is 0 Å². The van der Waals surface area contributed by atoms with E-state index in [0.717, 1.165) is 18.0 Å². The highest BCUT2D eigenvalue weighted by Gasteiger charge is 2.11. The van der Waals surface area contributed by atoms with E-state index < -0.39 is 0 Å². The lowest BCUT2D eigenvalue weighted by atomic mass is 9.99. The summed E-state index contributed by atoms with van der Waals surface area (Å²) in [5.74, 6) is 0.697. The van der Waals surface area contributed by atoms with Gasteiger partial charge in [0, 0.05) is 12.6 Å². The number of nitrogens with one attached hydrogen (secondary N) is 1. The first kappa shape index (κ1) is 14.7. The van der Waals surface area contributed by atoms with E-state index in [2.05, 4.69) is 32.2 Å². The average Bonchev–Trinajstić information content (AvgIpc) is 2.38. The normalized spacial score (nSPS) is 14.2. The van der Waals surface area contributed by atoms with Crippen LogP contribution < -0.4 is 5.32 Å². The zero-order valence-electron chi connectivity index (χ0n) is 11.7. The van der Waals surface area contributed by atoms with Gasteiger partial charge in [-0.1, -0.05) is 44.2 Å². The molecule has 0 bridgehead atoms. The van der Waals surface area contributed by atoms with E-state index in [4.69, 9.17) is 0 Å². The molecule has 18 heavy (non-hydrogen) atoms. The molecule has 0 amide bonds. The molecular weight excluding hydrogens is 220 g/mol. The molecule has 0 radical (unpaired) electrons. The molecule has 0 aliphatic carbocycles. The number of rotatable bonds is 7. The fourth-order valence-corrected chi connectivity index (χ4v) is 1.93. The summed E-state index contributed by atoms with van der Waals surface area (Å²) in [7, 11) is 0. The molecule has 2 unspecified atom stereocenters. The summed E-state index contributed by atoms with van der Waals surface area (Å²) in [6, 6.07) is 12.9. The minimum Gasteiger partial charge on any atom is -0.313 e. The van der Waals surface area contributed by atoms with Gasteiger partial charge in [-0.3, -0.25) is 0 Å². The predicted molar refractivity (Wildman–Crippen MR) is 76.3 cm³/mol. The minimum atomic E-state index is -0.0484. The van der Waals surface area contributed by atoms with E-state index in [1.54, 1.807) is 0 Å². The Morgan fingerprint density at radius 1 is 1.11 bits per heavy atom. The molecule has 0 aliphatic heterocycles. The van der Waals surface area contributed by atoms with Crippen LogP contribution in [0.15, 0.2) is 30.3 Å². The van der Waals surface area contributed by atoms with Crippen molar-refractivity contribution in [2.24, 2.45) is 5.92 Å². The average molecular weight is 244 g/mol. The standard InChI is InChI=1S/C16H24N2/c1-13(2)9-10-14(3)18-12-16(11-17)15-7-5-4-6-8-15/h4-8,13-14,16,18H,9-10,12H2,1-3H3. The highest BCUT2D eigenvalue weighted by Crippen LogP contribution is 2.14. The van der Waals surface area contributed by atoms with Crippen molar-refractivity contribution < 1.29 is 0 Å². The zero-order valence-corrected chi connectivity index (χ0v) is 11.7. The molecule has 0 saturated heterocycles. The highest BCUT2D eigenvalue weighted by atomic mass is 14.9. The van der Waals surface area contributed by atoms with Gasteiger partial charge in [-0.2, -0.15) is 5.26 Å². The van der Waals surface area contributed by atoms with E-state index in [0.29, 0.717) is 6.04 Å². The molecule has 1 aromatic rings. The minimum absolute atomic E-state index is 0.0484. The van der Waals surface area contributed by atoms with Crippen LogP contribution in [0.2, 0.25) is 0 Å². The highest BCUT2D eigenvalue weighted by molar-refractivity contribution is 5.25. The van der Waals surface area contributed by atoms with Crippen LogP contribution in [0.5, 0.6) is 0 Å². The molecular formula is C16H24N2. The Bertz CT molecular complexity index is 364. The van der Waals surface area contributed by atoms with Gasteiger partial charge in [0.05, 0.1) is 12.0 Å². The van der Waals surface area contributed by atoms with Crippen molar-refractivity contribution in [3.05, 3.63) is 35.9 Å². The number of nitriles is 1. The summed E-state index contributed by atoms with van der Waals surface area (Å²) in [5.41, 5.74) is 1.10. The van der Waals surface area contributed by atoms with E-state index >= 15 is 0 Å². The maximum absolute atomic E-state index is 9.22. The topological polar surface area (TPSA) is 35.8 Å². The first-order valence-electron chi connectivity index (χ1n) is 6.81. The maximum atomic E-state index is 9.22. The SMILES string of the molecule is CC(C)CCC(C)NCC(C#N)c1ccccc1. The third-order valence-electron chi connectivity index (χ3n) is 3.21. The molecule has 2 heteroatoms. The van der Waals surface area contributed by atoms with Crippen molar-refractivity contribution in [3.63, 3.8) is 0 Å². The molecule has 2 nitrogen and oxygen atoms in total. The first-order chi connectivity index (χ1) is 8.63. The summed E-state index contributed by atoms with van der Waals surface area (Å²) in [6.45, 7) is 7.42. The smallest absolute Gasteiger partial charge is 0.0837 e. The Morgan fingerprint density at radius 3 is 2.33 bits per heavy atom. The molecule has 0 saturated carbocycles. The fraction of sp³-hybridized carbons (Fsp3) is 0.562. The van der Waals surface area contributed by atoms with Crippen LogP contribution in [0.25, 0.3) is 0 Å². The van der Waals surface area contributed by atoms with Gasteiger partial charge in [-0.25, -0.2) is 0 Å². The lowest BCUT2D eigenvalue weighted by molar-refractivity contribution is 0.448. The second-order valence-corrected chi connectivity index (χ2v) is 5.37. The summed E-state index contributed by atoms with van der Waals surface area (Å²) in [5, 5.41) is 12.7. The number of hydrogen-bond donors (Lipinski definition) is 1.